The molecule has 1 atom stereocenters. The van der Waals surface area contributed by atoms with Crippen LogP contribution in [0.3, 0.4) is 0 Å². The van der Waals surface area contributed by atoms with E-state index in [9.17, 15) is 14.7 Å². The van der Waals surface area contributed by atoms with Gasteiger partial charge in [0.15, 0.2) is 5.69 Å². The van der Waals surface area contributed by atoms with Gasteiger partial charge in [0.05, 0.1) is 23.9 Å². The third kappa shape index (κ3) is 8.25. The van der Waals surface area contributed by atoms with Crippen LogP contribution in [-0.4, -0.2) is 71.9 Å². The molecule has 246 valence electrons. The summed E-state index contributed by atoms with van der Waals surface area (Å²) in [4.78, 5) is 35.4. The van der Waals surface area contributed by atoms with Crippen molar-refractivity contribution in [3.8, 4) is 5.69 Å². The van der Waals surface area contributed by atoms with Crippen LogP contribution in [-0.2, 0) is 13.0 Å². The number of benzene rings is 3. The predicted molar refractivity (Wildman–Crippen MR) is 196 cm³/mol. The van der Waals surface area contributed by atoms with Crippen LogP contribution in [0.1, 0.15) is 77.2 Å². The van der Waals surface area contributed by atoms with Gasteiger partial charge in [-0.1, -0.05) is 57.0 Å². The molecule has 0 aliphatic carbocycles. The maximum absolute atomic E-state index is 14.5. The van der Waals surface area contributed by atoms with Gasteiger partial charge in [0.2, 0.25) is 9.68 Å². The Kier molecular flexibility index (Phi) is 12.1. The second-order valence-electron chi connectivity index (χ2n) is 11.9. The molecule has 1 aliphatic heterocycles. The number of aliphatic hydroxyl groups is 1. The summed E-state index contributed by atoms with van der Waals surface area (Å²) in [5.74, 6) is -0.281. The second-order valence-corrected chi connectivity index (χ2v) is 14.7. The number of halogens is 2. The van der Waals surface area contributed by atoms with Crippen LogP contribution < -0.4 is 10.2 Å². The van der Waals surface area contributed by atoms with Gasteiger partial charge >= 0.3 is 0 Å². The number of carbonyl (C=O) groups excluding carboxylic acids is 2. The van der Waals surface area contributed by atoms with Crippen LogP contribution in [0.25, 0.3) is 5.69 Å². The van der Waals surface area contributed by atoms with Crippen molar-refractivity contribution in [2.45, 2.75) is 65.5 Å². The van der Waals surface area contributed by atoms with E-state index in [2.05, 4.69) is 62.8 Å². The first-order valence-electron chi connectivity index (χ1n) is 16.2. The van der Waals surface area contributed by atoms with Crippen molar-refractivity contribution in [2.24, 2.45) is 0 Å². The SMILES string of the molecule is CCCCN(CCCC)C(=O)c1cc(C)n(-c2ccc(N[Si]c3ccc(Br)c(Br)c3)cc2C(=O)N2Cc3ccccc3C[C@H]2CO)n1. The lowest BCUT2D eigenvalue weighted by atomic mass is 9.93. The number of aryl methyl sites for hydroxylation is 1. The highest BCUT2D eigenvalue weighted by Crippen LogP contribution is 2.29. The largest absolute Gasteiger partial charge is 0.408 e. The maximum Gasteiger partial charge on any atom is 0.274 e. The Hall–Kier alpha value is -3.25. The second kappa shape index (κ2) is 16.2. The first-order chi connectivity index (χ1) is 22.7. The molecule has 47 heavy (non-hydrogen) atoms. The number of unbranched alkanes of at least 4 members (excludes halogenated alkanes) is 2. The van der Waals surface area contributed by atoms with Crippen molar-refractivity contribution >= 4 is 64.2 Å². The molecule has 8 nitrogen and oxygen atoms in total. The third-order valence-corrected chi connectivity index (χ3v) is 11.4. The van der Waals surface area contributed by atoms with Crippen molar-refractivity contribution < 1.29 is 14.7 Å². The Labute approximate surface area is 296 Å². The zero-order valence-electron chi connectivity index (χ0n) is 27.1. The smallest absolute Gasteiger partial charge is 0.274 e. The number of hydrogen-bond acceptors (Lipinski definition) is 5. The fraction of sp³-hybridized carbons (Fsp3) is 0.361. The number of amides is 2. The highest BCUT2D eigenvalue weighted by Gasteiger charge is 2.32. The molecule has 0 fully saturated rings. The molecule has 0 saturated carbocycles. The van der Waals surface area contributed by atoms with E-state index in [0.29, 0.717) is 43.0 Å². The van der Waals surface area contributed by atoms with Gasteiger partial charge < -0.3 is 19.9 Å². The topological polar surface area (TPSA) is 90.7 Å². The number of anilines is 1. The number of nitrogens with one attached hydrogen (secondary N) is 1. The maximum atomic E-state index is 14.5. The van der Waals surface area contributed by atoms with Gasteiger partial charge in [-0.15, -0.1) is 0 Å². The molecule has 0 bridgehead atoms. The minimum Gasteiger partial charge on any atom is -0.408 e. The third-order valence-electron chi connectivity index (χ3n) is 8.51. The van der Waals surface area contributed by atoms with E-state index in [1.165, 1.54) is 0 Å². The Morgan fingerprint density at radius 2 is 1.70 bits per heavy atom. The molecule has 2 heterocycles. The molecular formula is C36H41Br2N5O3Si. The van der Waals surface area contributed by atoms with E-state index in [-0.39, 0.29) is 34.1 Å². The molecule has 1 aromatic heterocycles. The minimum absolute atomic E-state index is 0.0882. The molecule has 0 saturated heterocycles. The monoisotopic (exact) mass is 777 g/mol. The number of aromatic nitrogens is 2. The van der Waals surface area contributed by atoms with E-state index in [1.54, 1.807) is 9.58 Å². The summed E-state index contributed by atoms with van der Waals surface area (Å²) < 4.78 is 3.66. The molecule has 11 heteroatoms. The summed E-state index contributed by atoms with van der Waals surface area (Å²) in [5.41, 5.74) is 5.19. The summed E-state index contributed by atoms with van der Waals surface area (Å²) in [7, 11) is 0.261. The van der Waals surface area contributed by atoms with Gasteiger partial charge in [-0.05, 0) is 111 Å². The van der Waals surface area contributed by atoms with Gasteiger partial charge in [-0.3, -0.25) is 9.59 Å². The molecule has 5 rings (SSSR count). The lowest BCUT2D eigenvalue weighted by Gasteiger charge is -2.36. The summed E-state index contributed by atoms with van der Waals surface area (Å²) in [5, 5.41) is 16.3. The lowest BCUT2D eigenvalue weighted by Crippen LogP contribution is -2.46. The molecule has 0 spiro atoms. The van der Waals surface area contributed by atoms with Crippen LogP contribution in [0.4, 0.5) is 5.69 Å². The van der Waals surface area contributed by atoms with Crippen LogP contribution in [0.15, 0.2) is 75.7 Å². The van der Waals surface area contributed by atoms with E-state index in [1.807, 2.05) is 66.4 Å². The highest BCUT2D eigenvalue weighted by molar-refractivity contribution is 9.13. The van der Waals surface area contributed by atoms with Crippen molar-refractivity contribution in [1.82, 2.24) is 19.6 Å². The van der Waals surface area contributed by atoms with E-state index in [4.69, 9.17) is 5.10 Å². The number of carbonyl (C=O) groups is 2. The van der Waals surface area contributed by atoms with Gasteiger partial charge in [0, 0.05) is 40.0 Å². The van der Waals surface area contributed by atoms with Crippen LogP contribution in [0.2, 0.25) is 0 Å². The number of hydrogen-bond donors (Lipinski definition) is 2. The summed E-state index contributed by atoms with van der Waals surface area (Å²) in [6, 6.07) is 21.3. The molecule has 3 aromatic carbocycles. The highest BCUT2D eigenvalue weighted by atomic mass is 79.9. The standard InChI is InChI=1S/C36H41Br2N5O3Si/c1-4-6-16-41(17-7-5-2)36(46)33-18-24(3)43(39-33)34-15-12-27(40-47-29-13-14-31(37)32(38)21-29)20-30(34)35(45)42-22-26-11-9-8-10-25(26)19-28(42)23-44/h8-15,18,20-21,28,40,44H,4-7,16-17,19,22-23H2,1-3H3/t28-/m0/s1. The van der Waals surface area contributed by atoms with Crippen molar-refractivity contribution in [3.63, 3.8) is 0 Å². The van der Waals surface area contributed by atoms with Gasteiger partial charge in [-0.2, -0.15) is 5.10 Å². The first-order valence-corrected chi connectivity index (χ1v) is 18.8. The summed E-state index contributed by atoms with van der Waals surface area (Å²) >= 11 is 7.11. The summed E-state index contributed by atoms with van der Waals surface area (Å²) in [6.07, 6.45) is 4.46. The zero-order chi connectivity index (χ0) is 33.5. The lowest BCUT2D eigenvalue weighted by molar-refractivity contribution is 0.0544. The molecule has 1 aliphatic rings. The number of fused-ring (bicyclic) bond motifs is 1. The van der Waals surface area contributed by atoms with E-state index >= 15 is 0 Å². The molecule has 2 N–H and O–H groups in total. The Bertz CT molecular complexity index is 1720. The van der Waals surface area contributed by atoms with E-state index in [0.717, 1.165) is 62.3 Å². The fourth-order valence-electron chi connectivity index (χ4n) is 5.83. The van der Waals surface area contributed by atoms with Crippen LogP contribution in [0.5, 0.6) is 0 Å². The Morgan fingerprint density at radius 1 is 0.979 bits per heavy atom. The number of rotatable bonds is 13. The zero-order valence-corrected chi connectivity index (χ0v) is 31.3. The minimum atomic E-state index is -0.356. The normalized spacial score (nSPS) is 14.2. The van der Waals surface area contributed by atoms with Crippen molar-refractivity contribution in [3.05, 3.63) is 104 Å². The van der Waals surface area contributed by atoms with Crippen molar-refractivity contribution in [1.29, 1.82) is 0 Å². The van der Waals surface area contributed by atoms with Crippen molar-refractivity contribution in [2.75, 3.05) is 24.7 Å². The first kappa shape index (κ1) is 35.1. The average Bonchev–Trinajstić information content (AvgIpc) is 3.48. The number of aliphatic hydroxyl groups excluding tert-OH is 1. The van der Waals surface area contributed by atoms with Gasteiger partial charge in [0.25, 0.3) is 11.8 Å². The molecule has 4 aromatic rings. The molecular weight excluding hydrogens is 738 g/mol. The predicted octanol–water partition coefficient (Wildman–Crippen LogP) is 6.66. The summed E-state index contributed by atoms with van der Waals surface area (Å²) in [6.45, 7) is 7.81. The quantitative estimate of drug-likeness (QED) is 0.148. The van der Waals surface area contributed by atoms with Gasteiger partial charge in [-0.25, -0.2) is 4.68 Å². The van der Waals surface area contributed by atoms with Gasteiger partial charge in [0.1, 0.15) is 0 Å². The molecule has 2 radical (unpaired) electrons. The Morgan fingerprint density at radius 3 is 2.38 bits per heavy atom. The fourth-order valence-corrected chi connectivity index (χ4v) is 7.49. The average molecular weight is 780 g/mol. The van der Waals surface area contributed by atoms with E-state index < -0.39 is 0 Å². The molecule has 2 amide bonds. The molecule has 0 unspecified atom stereocenters. The van der Waals surface area contributed by atoms with Crippen LogP contribution in [0, 0.1) is 6.92 Å². The van der Waals surface area contributed by atoms with Crippen LogP contribution >= 0.6 is 31.9 Å². The number of nitrogens with zero attached hydrogens (tertiary/aromatic N) is 4. The Balaban J connectivity index is 1.52.